The first-order chi connectivity index (χ1) is 14.5. The van der Waals surface area contributed by atoms with Gasteiger partial charge in [-0.2, -0.15) is 0 Å². The SMILES string of the molecule is COc1cccc(C(CNC(=O)c2ccc3nc(C(F)F)[nH]c3c2)N2CCCC2)c1. The summed E-state index contributed by atoms with van der Waals surface area (Å²) in [6, 6.07) is 12.7. The lowest BCUT2D eigenvalue weighted by atomic mass is 10.0. The van der Waals surface area contributed by atoms with E-state index in [0.29, 0.717) is 23.1 Å². The Hall–Kier alpha value is -3.00. The fourth-order valence-electron chi connectivity index (χ4n) is 3.93. The standard InChI is InChI=1S/C22H24F2N4O2/c1-30-16-6-4-5-14(11-16)19(28-9-2-3-10-28)13-25-22(29)15-7-8-17-18(12-15)27-21(26-17)20(23)24/h4-8,11-12,19-20H,2-3,9-10,13H2,1H3,(H,25,29)(H,26,27). The molecule has 1 unspecified atom stereocenters. The molecule has 6 nitrogen and oxygen atoms in total. The highest BCUT2D eigenvalue weighted by Crippen LogP contribution is 2.27. The monoisotopic (exact) mass is 414 g/mol. The van der Waals surface area contributed by atoms with Gasteiger partial charge in [0, 0.05) is 12.1 Å². The number of hydrogen-bond acceptors (Lipinski definition) is 4. The molecule has 1 fully saturated rings. The van der Waals surface area contributed by atoms with E-state index in [9.17, 15) is 13.6 Å². The zero-order valence-electron chi connectivity index (χ0n) is 16.7. The molecule has 0 saturated carbocycles. The van der Waals surface area contributed by atoms with Crippen molar-refractivity contribution in [3.05, 3.63) is 59.4 Å². The zero-order chi connectivity index (χ0) is 21.1. The molecule has 1 aliphatic heterocycles. The number of nitrogens with zero attached hydrogens (tertiary/aromatic N) is 2. The molecular formula is C22H24F2N4O2. The van der Waals surface area contributed by atoms with E-state index in [2.05, 4.69) is 20.2 Å². The predicted molar refractivity (Wildman–Crippen MR) is 110 cm³/mol. The van der Waals surface area contributed by atoms with E-state index in [-0.39, 0.29) is 11.9 Å². The maximum absolute atomic E-state index is 12.9. The van der Waals surface area contributed by atoms with E-state index < -0.39 is 12.2 Å². The van der Waals surface area contributed by atoms with Gasteiger partial charge >= 0.3 is 0 Å². The number of benzene rings is 2. The van der Waals surface area contributed by atoms with Crippen molar-refractivity contribution < 1.29 is 18.3 Å². The normalized spacial score (nSPS) is 15.6. The van der Waals surface area contributed by atoms with Crippen molar-refractivity contribution >= 4 is 16.9 Å². The number of H-pyrrole nitrogens is 1. The summed E-state index contributed by atoms with van der Waals surface area (Å²) in [4.78, 5) is 21.5. The molecule has 4 rings (SSSR count). The van der Waals surface area contributed by atoms with E-state index in [1.165, 1.54) is 0 Å². The van der Waals surface area contributed by atoms with Gasteiger partial charge in [-0.1, -0.05) is 12.1 Å². The lowest BCUT2D eigenvalue weighted by Gasteiger charge is -2.28. The summed E-state index contributed by atoms with van der Waals surface area (Å²) in [5.74, 6) is 0.134. The summed E-state index contributed by atoms with van der Waals surface area (Å²) in [5, 5.41) is 3.00. The minimum absolute atomic E-state index is 0.0351. The van der Waals surface area contributed by atoms with Crippen LogP contribution in [0, 0.1) is 0 Å². The van der Waals surface area contributed by atoms with Crippen LogP contribution in [0.15, 0.2) is 42.5 Å². The molecule has 30 heavy (non-hydrogen) atoms. The first-order valence-corrected chi connectivity index (χ1v) is 9.99. The van der Waals surface area contributed by atoms with E-state index >= 15 is 0 Å². The van der Waals surface area contributed by atoms with Crippen molar-refractivity contribution in [3.8, 4) is 5.75 Å². The Kier molecular flexibility index (Phi) is 5.94. The number of alkyl halides is 2. The number of aromatic nitrogens is 2. The zero-order valence-corrected chi connectivity index (χ0v) is 16.7. The number of carbonyl (C=O) groups is 1. The molecule has 158 valence electrons. The topological polar surface area (TPSA) is 70.2 Å². The fraction of sp³-hybridized carbons (Fsp3) is 0.364. The van der Waals surface area contributed by atoms with Crippen molar-refractivity contribution in [1.82, 2.24) is 20.2 Å². The van der Waals surface area contributed by atoms with E-state index in [1.54, 1.807) is 25.3 Å². The summed E-state index contributed by atoms with van der Waals surface area (Å²) in [7, 11) is 1.64. The van der Waals surface area contributed by atoms with Crippen LogP contribution in [0.1, 0.15) is 47.1 Å². The third kappa shape index (κ3) is 4.28. The van der Waals surface area contributed by atoms with Gasteiger partial charge < -0.3 is 15.0 Å². The molecule has 8 heteroatoms. The smallest absolute Gasteiger partial charge is 0.295 e. The number of likely N-dealkylation sites (tertiary alicyclic amines) is 1. The maximum Gasteiger partial charge on any atom is 0.295 e. The summed E-state index contributed by atoms with van der Waals surface area (Å²) in [6.07, 6.45) is -0.409. The van der Waals surface area contributed by atoms with Crippen molar-refractivity contribution in [2.75, 3.05) is 26.7 Å². The predicted octanol–water partition coefficient (Wildman–Crippen LogP) is 4.08. The number of hydrogen-bond donors (Lipinski definition) is 2. The van der Waals surface area contributed by atoms with Gasteiger partial charge in [0.15, 0.2) is 5.82 Å². The number of imidazole rings is 1. The van der Waals surface area contributed by atoms with Crippen LogP contribution in [0.3, 0.4) is 0 Å². The maximum atomic E-state index is 12.9. The molecule has 1 aliphatic rings. The number of rotatable bonds is 7. The minimum atomic E-state index is -2.68. The molecular weight excluding hydrogens is 390 g/mol. The van der Waals surface area contributed by atoms with E-state index in [4.69, 9.17) is 4.74 Å². The molecule has 2 aromatic carbocycles. The Morgan fingerprint density at radius 3 is 2.77 bits per heavy atom. The van der Waals surface area contributed by atoms with Gasteiger partial charge in [-0.05, 0) is 61.8 Å². The number of ether oxygens (including phenoxy) is 1. The van der Waals surface area contributed by atoms with Crippen molar-refractivity contribution in [2.24, 2.45) is 0 Å². The summed E-state index contributed by atoms with van der Waals surface area (Å²) < 4.78 is 31.1. The number of amides is 1. The van der Waals surface area contributed by atoms with Crippen LogP contribution in [0.5, 0.6) is 5.75 Å². The Morgan fingerprint density at radius 2 is 2.03 bits per heavy atom. The van der Waals surface area contributed by atoms with Gasteiger partial charge in [0.05, 0.1) is 24.2 Å². The second-order valence-electron chi connectivity index (χ2n) is 7.40. The molecule has 3 aromatic rings. The number of halogens is 2. The van der Waals surface area contributed by atoms with Crippen LogP contribution in [0.25, 0.3) is 11.0 Å². The van der Waals surface area contributed by atoms with Crippen molar-refractivity contribution in [1.29, 1.82) is 0 Å². The van der Waals surface area contributed by atoms with Crippen LogP contribution in [0.4, 0.5) is 8.78 Å². The molecule has 2 N–H and O–H groups in total. The second-order valence-corrected chi connectivity index (χ2v) is 7.40. The number of aromatic amines is 1. The second kappa shape index (κ2) is 8.79. The molecule has 1 saturated heterocycles. The number of fused-ring (bicyclic) bond motifs is 1. The van der Waals surface area contributed by atoms with Crippen molar-refractivity contribution in [2.45, 2.75) is 25.3 Å². The lowest BCUT2D eigenvalue weighted by molar-refractivity contribution is 0.0938. The van der Waals surface area contributed by atoms with E-state index in [0.717, 1.165) is 37.2 Å². The van der Waals surface area contributed by atoms with Crippen LogP contribution in [-0.4, -0.2) is 47.5 Å². The largest absolute Gasteiger partial charge is 0.497 e. The Bertz CT molecular complexity index is 1030. The summed E-state index contributed by atoms with van der Waals surface area (Å²) in [5.41, 5.74) is 2.31. The van der Waals surface area contributed by atoms with Crippen LogP contribution in [0.2, 0.25) is 0 Å². The Balaban J connectivity index is 1.51. The van der Waals surface area contributed by atoms with Crippen LogP contribution in [-0.2, 0) is 0 Å². The first-order valence-electron chi connectivity index (χ1n) is 9.99. The summed E-state index contributed by atoms with van der Waals surface area (Å²) in [6.45, 7) is 2.40. The Labute approximate surface area is 173 Å². The van der Waals surface area contributed by atoms with Gasteiger partial charge in [-0.3, -0.25) is 9.69 Å². The van der Waals surface area contributed by atoms with Gasteiger partial charge in [-0.15, -0.1) is 0 Å². The molecule has 0 aliphatic carbocycles. The van der Waals surface area contributed by atoms with Crippen LogP contribution < -0.4 is 10.1 Å². The number of nitrogens with one attached hydrogen (secondary N) is 2. The molecule has 0 bridgehead atoms. The average Bonchev–Trinajstić information content (AvgIpc) is 3.43. The van der Waals surface area contributed by atoms with Crippen molar-refractivity contribution in [3.63, 3.8) is 0 Å². The van der Waals surface area contributed by atoms with Gasteiger partial charge in [-0.25, -0.2) is 13.8 Å². The highest BCUT2D eigenvalue weighted by atomic mass is 19.3. The molecule has 2 heterocycles. The molecule has 1 amide bonds. The molecule has 1 aromatic heterocycles. The highest BCUT2D eigenvalue weighted by Gasteiger charge is 2.24. The fourth-order valence-corrected chi connectivity index (χ4v) is 3.93. The number of carbonyl (C=O) groups excluding carboxylic acids is 1. The quantitative estimate of drug-likeness (QED) is 0.611. The first kappa shape index (κ1) is 20.3. The van der Waals surface area contributed by atoms with Gasteiger partial charge in [0.2, 0.25) is 0 Å². The third-order valence-electron chi connectivity index (χ3n) is 5.49. The summed E-state index contributed by atoms with van der Waals surface area (Å²) >= 11 is 0. The van der Waals surface area contributed by atoms with Crippen LogP contribution >= 0.6 is 0 Å². The lowest BCUT2D eigenvalue weighted by Crippen LogP contribution is -2.36. The molecule has 0 radical (unpaired) electrons. The van der Waals surface area contributed by atoms with Gasteiger partial charge in [0.1, 0.15) is 5.75 Å². The van der Waals surface area contributed by atoms with Gasteiger partial charge in [0.25, 0.3) is 12.3 Å². The van der Waals surface area contributed by atoms with E-state index in [1.807, 2.05) is 24.3 Å². The molecule has 0 spiro atoms. The number of methoxy groups -OCH3 is 1. The average molecular weight is 414 g/mol. The molecule has 1 atom stereocenters. The minimum Gasteiger partial charge on any atom is -0.497 e. The highest BCUT2D eigenvalue weighted by molar-refractivity contribution is 5.97. The third-order valence-corrected chi connectivity index (χ3v) is 5.49. The Morgan fingerprint density at radius 1 is 1.23 bits per heavy atom.